The molecule has 5 heterocycles. The van der Waals surface area contributed by atoms with Crippen molar-refractivity contribution in [1.29, 1.82) is 0 Å². The van der Waals surface area contributed by atoms with E-state index >= 15 is 0 Å². The number of halogens is 4. The normalized spacial score (nSPS) is 15.9. The summed E-state index contributed by atoms with van der Waals surface area (Å²) in [6.07, 6.45) is 3.68. The molecule has 1 aliphatic rings. The first-order valence-corrected chi connectivity index (χ1v) is 13.5. The van der Waals surface area contributed by atoms with E-state index in [2.05, 4.69) is 35.6 Å². The second-order valence-electron chi connectivity index (χ2n) is 10.0. The number of ether oxygens (including phenoxy) is 2. The number of imidazole rings is 1. The smallest absolute Gasteiger partial charge is 0.416 e. The van der Waals surface area contributed by atoms with Crippen LogP contribution in [-0.2, 0) is 13.2 Å². The fourth-order valence-corrected chi connectivity index (χ4v) is 5.21. The maximum absolute atomic E-state index is 13.8. The zero-order valence-electron chi connectivity index (χ0n) is 22.9. The highest BCUT2D eigenvalue weighted by Gasteiger charge is 2.32. The average molecular weight is 602 g/mol. The molecule has 11 nitrogen and oxygen atoms in total. The number of fused-ring (bicyclic) bond motifs is 2. The maximum Gasteiger partial charge on any atom is 0.416 e. The zero-order chi connectivity index (χ0) is 29.6. The van der Waals surface area contributed by atoms with Crippen molar-refractivity contribution < 1.29 is 22.6 Å². The summed E-state index contributed by atoms with van der Waals surface area (Å²) in [4.78, 5) is 15.3. The van der Waals surface area contributed by atoms with Gasteiger partial charge in [-0.2, -0.15) is 23.3 Å². The highest BCUT2D eigenvalue weighted by atomic mass is 35.5. The monoisotopic (exact) mass is 601 g/mol. The van der Waals surface area contributed by atoms with E-state index in [9.17, 15) is 13.2 Å². The molecule has 0 unspecified atom stereocenters. The lowest BCUT2D eigenvalue weighted by atomic mass is 10.1. The summed E-state index contributed by atoms with van der Waals surface area (Å²) in [5, 5.41) is 10.4. The molecule has 2 N–H and O–H groups in total. The lowest BCUT2D eigenvalue weighted by Crippen LogP contribution is -2.30. The fourth-order valence-electron chi connectivity index (χ4n) is 4.91. The number of likely N-dealkylation sites (N-methyl/N-ethyl adjacent to an activating group) is 1. The fraction of sp³-hybridized carbons (Fsp3) is 0.333. The molecular formula is C27H27ClF3N9O2. The number of nitrogens with one attached hydrogen (secondary N) is 2. The lowest BCUT2D eigenvalue weighted by molar-refractivity contribution is -0.137. The molecule has 1 saturated heterocycles. The highest BCUT2D eigenvalue weighted by molar-refractivity contribution is 6.36. The molecule has 0 aliphatic carbocycles. The largest absolute Gasteiger partial charge is 0.492 e. The van der Waals surface area contributed by atoms with E-state index in [0.29, 0.717) is 29.2 Å². The van der Waals surface area contributed by atoms with Crippen LogP contribution < -0.4 is 20.1 Å². The Bertz CT molecular complexity index is 1770. The number of aryl methyl sites for hydroxylation is 1. The molecule has 0 bridgehead atoms. The molecule has 42 heavy (non-hydrogen) atoms. The summed E-state index contributed by atoms with van der Waals surface area (Å²) in [5.41, 5.74) is 0.643. The molecule has 0 saturated carbocycles. The van der Waals surface area contributed by atoms with E-state index in [-0.39, 0.29) is 39.8 Å². The van der Waals surface area contributed by atoms with Crippen LogP contribution in [0.3, 0.4) is 0 Å². The SMILES string of the molecule is CNc1cn2ncc(Oc3cnc4nc(Nc5cc(OC[C@H]6CCCN6C)cc(C(F)(F)F)c5)n(C)c4c3Cl)c2cn1. The Morgan fingerprint density at radius 1 is 1.10 bits per heavy atom. The Morgan fingerprint density at radius 2 is 1.93 bits per heavy atom. The van der Waals surface area contributed by atoms with Crippen LogP contribution in [0.15, 0.2) is 43.0 Å². The van der Waals surface area contributed by atoms with Gasteiger partial charge in [0, 0.05) is 31.9 Å². The third kappa shape index (κ3) is 5.34. The van der Waals surface area contributed by atoms with Crippen LogP contribution >= 0.6 is 11.6 Å². The van der Waals surface area contributed by atoms with Crippen LogP contribution in [0.1, 0.15) is 18.4 Å². The second kappa shape index (κ2) is 10.8. The van der Waals surface area contributed by atoms with Gasteiger partial charge in [0.15, 0.2) is 17.1 Å². The highest BCUT2D eigenvalue weighted by Crippen LogP contribution is 2.38. The topological polar surface area (TPSA) is 107 Å². The van der Waals surface area contributed by atoms with E-state index in [1.807, 2.05) is 7.05 Å². The molecule has 1 atom stereocenters. The molecular weight excluding hydrogens is 575 g/mol. The Hall–Kier alpha value is -4.30. The summed E-state index contributed by atoms with van der Waals surface area (Å²) < 4.78 is 56.3. The van der Waals surface area contributed by atoms with Gasteiger partial charge in [-0.15, -0.1) is 0 Å². The minimum Gasteiger partial charge on any atom is -0.492 e. The summed E-state index contributed by atoms with van der Waals surface area (Å²) in [7, 11) is 5.41. The maximum atomic E-state index is 13.8. The van der Waals surface area contributed by atoms with Gasteiger partial charge in [-0.3, -0.25) is 0 Å². The number of alkyl halides is 3. The van der Waals surface area contributed by atoms with Gasteiger partial charge in [-0.25, -0.2) is 14.5 Å². The second-order valence-corrected chi connectivity index (χ2v) is 10.4. The molecule has 0 amide bonds. The van der Waals surface area contributed by atoms with Crippen LogP contribution in [0, 0.1) is 0 Å². The number of hydrogen-bond donors (Lipinski definition) is 2. The Morgan fingerprint density at radius 3 is 2.67 bits per heavy atom. The predicted molar refractivity (Wildman–Crippen MR) is 152 cm³/mol. The van der Waals surface area contributed by atoms with Crippen molar-refractivity contribution >= 4 is 45.7 Å². The molecule has 0 spiro atoms. The van der Waals surface area contributed by atoms with Gasteiger partial charge in [0.2, 0.25) is 5.95 Å². The van der Waals surface area contributed by atoms with E-state index in [0.717, 1.165) is 31.5 Å². The molecule has 4 aromatic heterocycles. The molecule has 0 radical (unpaired) electrons. The van der Waals surface area contributed by atoms with E-state index in [1.54, 1.807) is 35.6 Å². The molecule has 1 aliphatic heterocycles. The van der Waals surface area contributed by atoms with Crippen molar-refractivity contribution in [3.05, 3.63) is 53.6 Å². The van der Waals surface area contributed by atoms with E-state index in [1.165, 1.54) is 18.5 Å². The first-order valence-electron chi connectivity index (χ1n) is 13.1. The van der Waals surface area contributed by atoms with Gasteiger partial charge in [0.1, 0.15) is 34.2 Å². The number of nitrogens with zero attached hydrogens (tertiary/aromatic N) is 7. The third-order valence-electron chi connectivity index (χ3n) is 7.25. The number of aromatic nitrogens is 6. The van der Waals surface area contributed by atoms with Crippen molar-refractivity contribution in [2.75, 3.05) is 37.9 Å². The third-order valence-corrected chi connectivity index (χ3v) is 7.62. The summed E-state index contributed by atoms with van der Waals surface area (Å²) >= 11 is 6.73. The van der Waals surface area contributed by atoms with E-state index < -0.39 is 11.7 Å². The standard InChI is InChI=1S/C27H27ClF3N9O2/c1-32-22-13-40-19(10-33-22)20(12-35-40)42-21-11-34-25-24(23(21)28)39(3)26(37-25)36-16-7-15(27(29,30)31)8-18(9-16)41-14-17-5-4-6-38(17)2/h7-13,17,32H,4-6,14H2,1-3H3,(H,34,36,37)/t17-/m1/s1. The quantitative estimate of drug-likeness (QED) is 0.230. The summed E-state index contributed by atoms with van der Waals surface area (Å²) in [6.45, 7) is 1.23. The molecule has 15 heteroatoms. The Labute approximate surface area is 243 Å². The molecule has 1 aromatic carbocycles. The molecule has 220 valence electrons. The Balaban J connectivity index is 1.28. The van der Waals surface area contributed by atoms with Crippen LogP contribution in [0.2, 0.25) is 5.02 Å². The number of hydrogen-bond acceptors (Lipinski definition) is 9. The van der Waals surface area contributed by atoms with Crippen molar-refractivity contribution in [2.24, 2.45) is 7.05 Å². The van der Waals surface area contributed by atoms with E-state index in [4.69, 9.17) is 21.1 Å². The van der Waals surface area contributed by atoms with Crippen molar-refractivity contribution in [2.45, 2.75) is 25.1 Å². The average Bonchev–Trinajstić information content (AvgIpc) is 3.65. The first-order chi connectivity index (χ1) is 20.1. The first kappa shape index (κ1) is 27.8. The van der Waals surface area contributed by atoms with Gasteiger partial charge >= 0.3 is 6.18 Å². The van der Waals surface area contributed by atoms with Crippen LogP contribution in [0.5, 0.6) is 17.2 Å². The molecule has 6 rings (SSSR count). The van der Waals surface area contributed by atoms with Crippen molar-refractivity contribution in [3.8, 4) is 17.2 Å². The van der Waals surface area contributed by atoms with Gasteiger partial charge in [-0.05, 0) is 38.6 Å². The summed E-state index contributed by atoms with van der Waals surface area (Å²) in [5.74, 6) is 1.64. The lowest BCUT2D eigenvalue weighted by Gasteiger charge is -2.20. The van der Waals surface area contributed by atoms with Crippen molar-refractivity contribution in [1.82, 2.24) is 34.0 Å². The van der Waals surface area contributed by atoms with Crippen LogP contribution in [0.4, 0.5) is 30.6 Å². The van der Waals surface area contributed by atoms with Gasteiger partial charge in [0.25, 0.3) is 0 Å². The minimum absolute atomic E-state index is 0.114. The van der Waals surface area contributed by atoms with Gasteiger partial charge < -0.3 is 29.6 Å². The minimum atomic E-state index is -4.56. The van der Waals surface area contributed by atoms with Gasteiger partial charge in [0.05, 0.1) is 30.4 Å². The predicted octanol–water partition coefficient (Wildman–Crippen LogP) is 5.73. The van der Waals surface area contributed by atoms with Crippen LogP contribution in [-0.4, -0.2) is 67.3 Å². The number of anilines is 3. The van der Waals surface area contributed by atoms with Crippen LogP contribution in [0.25, 0.3) is 16.7 Å². The number of benzene rings is 1. The molecule has 5 aromatic rings. The van der Waals surface area contributed by atoms with Gasteiger partial charge in [-0.1, -0.05) is 11.6 Å². The van der Waals surface area contributed by atoms with Crippen molar-refractivity contribution in [3.63, 3.8) is 0 Å². The Kier molecular flexibility index (Phi) is 7.19. The number of likely N-dealkylation sites (tertiary alicyclic amines) is 1. The number of pyridine rings is 1. The summed E-state index contributed by atoms with van der Waals surface area (Å²) in [6, 6.07) is 3.69. The zero-order valence-corrected chi connectivity index (χ0v) is 23.7. The number of rotatable bonds is 8. The molecule has 1 fully saturated rings.